The lowest BCUT2D eigenvalue weighted by molar-refractivity contribution is 0.386. The van der Waals surface area contributed by atoms with Crippen molar-refractivity contribution in [3.8, 4) is 0 Å². The fraction of sp³-hybridized carbons (Fsp3) is 0.542. The number of anilines is 2. The molecule has 1 aliphatic carbocycles. The summed E-state index contributed by atoms with van der Waals surface area (Å²) in [5, 5.41) is 11.4. The van der Waals surface area contributed by atoms with Crippen LogP contribution in [0.3, 0.4) is 0 Å². The predicted octanol–water partition coefficient (Wildman–Crippen LogP) is 3.83. The molecule has 0 saturated heterocycles. The molecule has 1 fully saturated rings. The summed E-state index contributed by atoms with van der Waals surface area (Å²) >= 11 is 0. The lowest BCUT2D eigenvalue weighted by Crippen LogP contribution is -2.33. The van der Waals surface area contributed by atoms with E-state index in [1.165, 1.54) is 0 Å². The highest BCUT2D eigenvalue weighted by Gasteiger charge is 2.22. The highest BCUT2D eigenvalue weighted by Crippen LogP contribution is 2.28. The standard InChI is InChI=1S/C24H36N8/c1-14(2)20-22-21(31-30-20)23(27-13-16-7-5-6-8-19(16)26)29-24(32(22)15(3)4)28-18-11-9-17(25)10-12-18/h5-8,14-15,17-18H,9-13,25-26H2,1-4H3,(H,30,31)(H,27,28,29). The molecule has 0 radical (unpaired) electrons. The van der Waals surface area contributed by atoms with Crippen molar-refractivity contribution in [2.75, 3.05) is 11.1 Å². The van der Waals surface area contributed by atoms with E-state index in [4.69, 9.17) is 21.4 Å². The first kappa shape index (κ1) is 22.3. The number of aromatic nitrogens is 4. The summed E-state index contributed by atoms with van der Waals surface area (Å²) in [4.78, 5) is 10.1. The number of nitrogens with one attached hydrogen (secondary N) is 2. The Morgan fingerprint density at radius 2 is 1.88 bits per heavy atom. The van der Waals surface area contributed by atoms with Crippen molar-refractivity contribution >= 4 is 22.5 Å². The summed E-state index contributed by atoms with van der Waals surface area (Å²) in [6.07, 6.45) is 4.04. The number of H-pyrrole nitrogens is 1. The van der Waals surface area contributed by atoms with Gasteiger partial charge in [-0.1, -0.05) is 32.0 Å². The Labute approximate surface area is 189 Å². The molecule has 172 valence electrons. The topological polar surface area (TPSA) is 123 Å². The first-order valence-corrected chi connectivity index (χ1v) is 11.7. The van der Waals surface area contributed by atoms with Crippen LogP contribution in [-0.4, -0.2) is 31.8 Å². The maximum Gasteiger partial charge on any atom is 0.227 e. The van der Waals surface area contributed by atoms with Gasteiger partial charge in [0.2, 0.25) is 5.62 Å². The quantitative estimate of drug-likeness (QED) is 0.437. The van der Waals surface area contributed by atoms with Crippen molar-refractivity contribution in [2.24, 2.45) is 10.7 Å². The zero-order chi connectivity index (χ0) is 22.8. The van der Waals surface area contributed by atoms with Crippen LogP contribution >= 0.6 is 0 Å². The van der Waals surface area contributed by atoms with Gasteiger partial charge >= 0.3 is 0 Å². The van der Waals surface area contributed by atoms with Crippen LogP contribution in [0.2, 0.25) is 0 Å². The Morgan fingerprint density at radius 3 is 2.53 bits per heavy atom. The fourth-order valence-corrected chi connectivity index (χ4v) is 4.44. The number of benzene rings is 1. The number of hydrogen-bond acceptors (Lipinski definition) is 6. The molecule has 0 bridgehead atoms. The van der Waals surface area contributed by atoms with Crippen LogP contribution in [0.4, 0.5) is 11.5 Å². The molecule has 8 nitrogen and oxygen atoms in total. The summed E-state index contributed by atoms with van der Waals surface area (Å²) in [6.45, 7) is 9.27. The average Bonchev–Trinajstić information content (AvgIpc) is 3.19. The molecule has 0 spiro atoms. The zero-order valence-electron chi connectivity index (χ0n) is 19.6. The first-order chi connectivity index (χ1) is 15.3. The molecule has 0 atom stereocenters. The minimum Gasteiger partial charge on any atom is -0.398 e. The van der Waals surface area contributed by atoms with Crippen molar-refractivity contribution in [1.29, 1.82) is 0 Å². The fourth-order valence-electron chi connectivity index (χ4n) is 4.44. The third kappa shape index (κ3) is 4.50. The van der Waals surface area contributed by atoms with Gasteiger partial charge in [-0.15, -0.1) is 0 Å². The van der Waals surface area contributed by atoms with Crippen LogP contribution in [-0.2, 0) is 6.54 Å². The molecular weight excluding hydrogens is 400 g/mol. The molecule has 32 heavy (non-hydrogen) atoms. The number of fused-ring (bicyclic) bond motifs is 1. The monoisotopic (exact) mass is 436 g/mol. The van der Waals surface area contributed by atoms with E-state index in [0.29, 0.717) is 18.5 Å². The summed E-state index contributed by atoms with van der Waals surface area (Å²) in [7, 11) is 0. The Balaban J connectivity index is 1.84. The van der Waals surface area contributed by atoms with Crippen molar-refractivity contribution in [2.45, 2.75) is 84.0 Å². The molecule has 3 aromatic rings. The molecule has 4 rings (SSSR count). The molecule has 8 heteroatoms. The number of para-hydroxylation sites is 1. The second kappa shape index (κ2) is 9.32. The van der Waals surface area contributed by atoms with E-state index in [9.17, 15) is 0 Å². The van der Waals surface area contributed by atoms with E-state index >= 15 is 0 Å². The molecule has 0 aliphatic heterocycles. The lowest BCUT2D eigenvalue weighted by atomic mass is 9.92. The van der Waals surface area contributed by atoms with E-state index < -0.39 is 0 Å². The van der Waals surface area contributed by atoms with Gasteiger partial charge in [-0.05, 0) is 57.1 Å². The summed E-state index contributed by atoms with van der Waals surface area (Å²) < 4.78 is 2.23. The molecule has 1 aliphatic rings. The third-order valence-corrected chi connectivity index (χ3v) is 6.29. The van der Waals surface area contributed by atoms with Gasteiger partial charge in [0.05, 0.1) is 17.3 Å². The van der Waals surface area contributed by atoms with E-state index in [2.05, 4.69) is 47.8 Å². The molecule has 1 aromatic carbocycles. The number of nitrogens with zero attached hydrogens (tertiary/aromatic N) is 4. The van der Waals surface area contributed by atoms with Crippen LogP contribution in [0.25, 0.3) is 11.0 Å². The summed E-state index contributed by atoms with van der Waals surface area (Å²) in [5.74, 6) is 1.03. The molecule has 6 N–H and O–H groups in total. The van der Waals surface area contributed by atoms with Crippen LogP contribution in [0.5, 0.6) is 0 Å². The third-order valence-electron chi connectivity index (χ3n) is 6.29. The average molecular weight is 437 g/mol. The van der Waals surface area contributed by atoms with E-state index in [0.717, 1.165) is 65.1 Å². The molecule has 0 unspecified atom stereocenters. The van der Waals surface area contributed by atoms with Crippen LogP contribution < -0.4 is 22.4 Å². The van der Waals surface area contributed by atoms with Crippen molar-refractivity contribution < 1.29 is 0 Å². The number of hydrogen-bond donors (Lipinski definition) is 4. The van der Waals surface area contributed by atoms with E-state index in [-0.39, 0.29) is 12.1 Å². The first-order valence-electron chi connectivity index (χ1n) is 11.7. The smallest absolute Gasteiger partial charge is 0.227 e. The van der Waals surface area contributed by atoms with Gasteiger partial charge in [-0.3, -0.25) is 5.10 Å². The number of rotatable bonds is 6. The predicted molar refractivity (Wildman–Crippen MR) is 130 cm³/mol. The van der Waals surface area contributed by atoms with Crippen molar-refractivity contribution in [1.82, 2.24) is 19.7 Å². The van der Waals surface area contributed by atoms with Crippen LogP contribution in [0, 0.1) is 0 Å². The maximum atomic E-state index is 6.15. The van der Waals surface area contributed by atoms with Crippen LogP contribution in [0.1, 0.15) is 76.6 Å². The van der Waals surface area contributed by atoms with Crippen molar-refractivity contribution in [3.05, 3.63) is 41.1 Å². The minimum atomic E-state index is 0.198. The maximum absolute atomic E-state index is 6.15. The number of nitrogen functional groups attached to an aromatic ring is 1. The zero-order valence-corrected chi connectivity index (χ0v) is 19.6. The Bertz CT molecular complexity index is 1130. The van der Waals surface area contributed by atoms with Gasteiger partial charge in [0.25, 0.3) is 0 Å². The summed E-state index contributed by atoms with van der Waals surface area (Å²) in [5.41, 5.74) is 17.8. The second-order valence-corrected chi connectivity index (χ2v) is 9.46. The van der Waals surface area contributed by atoms with Gasteiger partial charge in [0.15, 0.2) is 11.3 Å². The molecule has 0 amide bonds. The SMILES string of the molecule is CC(C)c1[nH]nc2c(NCc3ccccc3N)nc(=NC3CCC(N)CC3)n(C(C)C)c12. The van der Waals surface area contributed by atoms with E-state index in [1.54, 1.807) is 0 Å². The highest BCUT2D eigenvalue weighted by molar-refractivity contribution is 5.87. The molecule has 2 aromatic heterocycles. The highest BCUT2D eigenvalue weighted by atomic mass is 15.2. The van der Waals surface area contributed by atoms with Gasteiger partial charge in [0, 0.05) is 24.3 Å². The number of nitrogens with two attached hydrogens (primary N) is 2. The van der Waals surface area contributed by atoms with Gasteiger partial charge < -0.3 is 21.4 Å². The summed E-state index contributed by atoms with van der Waals surface area (Å²) in [6, 6.07) is 8.62. The lowest BCUT2D eigenvalue weighted by Gasteiger charge is -2.24. The van der Waals surface area contributed by atoms with Gasteiger partial charge in [-0.25, -0.2) is 4.99 Å². The van der Waals surface area contributed by atoms with E-state index in [1.807, 2.05) is 24.3 Å². The molecular formula is C24H36N8. The largest absolute Gasteiger partial charge is 0.398 e. The van der Waals surface area contributed by atoms with Crippen LogP contribution in [0.15, 0.2) is 29.3 Å². The Kier molecular flexibility index (Phi) is 6.50. The normalized spacial score (nSPS) is 19.9. The second-order valence-electron chi connectivity index (χ2n) is 9.46. The Morgan fingerprint density at radius 1 is 1.16 bits per heavy atom. The molecule has 2 heterocycles. The number of aromatic amines is 1. The Hall–Kier alpha value is -2.87. The van der Waals surface area contributed by atoms with Gasteiger partial charge in [0.1, 0.15) is 0 Å². The molecule has 1 saturated carbocycles. The van der Waals surface area contributed by atoms with Crippen molar-refractivity contribution in [3.63, 3.8) is 0 Å². The van der Waals surface area contributed by atoms with Gasteiger partial charge in [-0.2, -0.15) is 10.1 Å². The minimum absolute atomic E-state index is 0.198.